The molecule has 1 amide bonds. The summed E-state index contributed by atoms with van der Waals surface area (Å²) in [6.45, 7) is 5.04. The number of anilines is 1. The van der Waals surface area contributed by atoms with E-state index >= 15 is 0 Å². The van der Waals surface area contributed by atoms with Crippen LogP contribution in [-0.4, -0.2) is 27.5 Å². The van der Waals surface area contributed by atoms with Crippen LogP contribution >= 0.6 is 0 Å². The summed E-state index contributed by atoms with van der Waals surface area (Å²) in [5.74, 6) is 0.749. The van der Waals surface area contributed by atoms with Crippen LogP contribution in [0.4, 0.5) is 5.69 Å². The molecule has 0 radical (unpaired) electrons. The van der Waals surface area contributed by atoms with Gasteiger partial charge in [-0.3, -0.25) is 4.79 Å². The fraction of sp³-hybridized carbons (Fsp3) is 0.286. The van der Waals surface area contributed by atoms with Crippen LogP contribution in [0.5, 0.6) is 11.5 Å². The number of nitrogens with one attached hydrogen (secondary N) is 1. The Kier molecular flexibility index (Phi) is 8.23. The van der Waals surface area contributed by atoms with Gasteiger partial charge in [-0.05, 0) is 54.8 Å². The Morgan fingerprint density at radius 1 is 1.07 bits per heavy atom. The number of hydrogen-bond donors (Lipinski definition) is 2. The lowest BCUT2D eigenvalue weighted by molar-refractivity contribution is -0.111. The lowest BCUT2D eigenvalue weighted by Gasteiger charge is -2.12. The monoisotopic (exact) mass is 418 g/mol. The minimum atomic E-state index is -3.59. The highest BCUT2D eigenvalue weighted by molar-refractivity contribution is 7.88. The Morgan fingerprint density at radius 3 is 2.41 bits per heavy atom. The van der Waals surface area contributed by atoms with Crippen LogP contribution in [0.3, 0.4) is 0 Å². The molecule has 0 spiro atoms. The molecule has 2 aromatic rings. The molecule has 0 aliphatic heterocycles. The second-order valence-corrected chi connectivity index (χ2v) is 7.93. The number of sulfonamides is 1. The molecule has 0 atom stereocenters. The van der Waals surface area contributed by atoms with Crippen molar-refractivity contribution in [2.24, 2.45) is 5.14 Å². The van der Waals surface area contributed by atoms with Crippen molar-refractivity contribution >= 4 is 27.7 Å². The molecular formula is C21H26N2O5S. The molecule has 0 bridgehead atoms. The van der Waals surface area contributed by atoms with Crippen LogP contribution in [0.25, 0.3) is 6.08 Å². The first-order chi connectivity index (χ1) is 13.8. The van der Waals surface area contributed by atoms with Crippen molar-refractivity contribution in [1.29, 1.82) is 0 Å². The molecule has 2 rings (SSSR count). The largest absolute Gasteiger partial charge is 0.490 e. The number of benzene rings is 2. The highest BCUT2D eigenvalue weighted by Gasteiger charge is 2.07. The topological polar surface area (TPSA) is 108 Å². The van der Waals surface area contributed by atoms with Crippen molar-refractivity contribution in [3.05, 3.63) is 59.7 Å². The number of carbonyl (C=O) groups is 1. The molecule has 8 heteroatoms. The van der Waals surface area contributed by atoms with E-state index in [1.54, 1.807) is 30.3 Å². The van der Waals surface area contributed by atoms with Crippen LogP contribution in [0.15, 0.2) is 48.5 Å². The molecule has 0 aromatic heterocycles. The highest BCUT2D eigenvalue weighted by Crippen LogP contribution is 2.29. The summed E-state index contributed by atoms with van der Waals surface area (Å²) in [7, 11) is -3.59. The summed E-state index contributed by atoms with van der Waals surface area (Å²) in [4.78, 5) is 12.1. The van der Waals surface area contributed by atoms with Gasteiger partial charge in [-0.1, -0.05) is 25.1 Å². The van der Waals surface area contributed by atoms with Crippen molar-refractivity contribution < 1.29 is 22.7 Å². The van der Waals surface area contributed by atoms with E-state index in [0.29, 0.717) is 36.0 Å². The summed E-state index contributed by atoms with van der Waals surface area (Å²) in [5, 5.41) is 7.74. The van der Waals surface area contributed by atoms with Gasteiger partial charge in [0.25, 0.3) is 0 Å². The van der Waals surface area contributed by atoms with E-state index in [4.69, 9.17) is 14.6 Å². The molecule has 0 aliphatic rings. The van der Waals surface area contributed by atoms with Gasteiger partial charge in [0.15, 0.2) is 11.5 Å². The van der Waals surface area contributed by atoms with Gasteiger partial charge in [0.05, 0.1) is 19.0 Å². The van der Waals surface area contributed by atoms with E-state index < -0.39 is 10.0 Å². The number of primary sulfonamides is 1. The number of hydrogen-bond acceptors (Lipinski definition) is 5. The lowest BCUT2D eigenvalue weighted by atomic mass is 10.2. The summed E-state index contributed by atoms with van der Waals surface area (Å²) >= 11 is 0. The number of nitrogens with two attached hydrogens (primary N) is 1. The summed E-state index contributed by atoms with van der Waals surface area (Å²) < 4.78 is 33.5. The molecule has 0 saturated carbocycles. The number of ether oxygens (including phenoxy) is 2. The Balaban J connectivity index is 2.01. The standard InChI is InChI=1S/C21H26N2O5S/c1-3-13-28-19-11-7-16(14-20(19)27-4-2)8-12-21(24)23-18-9-5-17(6-10-18)15-29(22,25)26/h5-12,14H,3-4,13,15H2,1-2H3,(H,23,24)(H2,22,25,26)/b12-8+. The molecule has 0 saturated heterocycles. The van der Waals surface area contributed by atoms with Crippen LogP contribution < -0.4 is 19.9 Å². The Hall–Kier alpha value is -2.84. The number of carbonyl (C=O) groups excluding carboxylic acids is 1. The maximum absolute atomic E-state index is 12.1. The SMILES string of the molecule is CCCOc1ccc(/C=C/C(=O)Nc2ccc(CS(N)(=O)=O)cc2)cc1OCC. The van der Waals surface area contributed by atoms with Crippen LogP contribution in [0.2, 0.25) is 0 Å². The van der Waals surface area contributed by atoms with Crippen molar-refractivity contribution in [1.82, 2.24) is 0 Å². The van der Waals surface area contributed by atoms with E-state index in [-0.39, 0.29) is 11.7 Å². The number of amides is 1. The third-order valence-corrected chi connectivity index (χ3v) is 4.48. The Morgan fingerprint density at radius 2 is 1.79 bits per heavy atom. The second kappa shape index (κ2) is 10.6. The van der Waals surface area contributed by atoms with Gasteiger partial charge in [0.2, 0.25) is 15.9 Å². The van der Waals surface area contributed by atoms with Crippen LogP contribution in [0.1, 0.15) is 31.4 Å². The van der Waals surface area contributed by atoms with E-state index in [1.807, 2.05) is 32.0 Å². The average Bonchev–Trinajstić information content (AvgIpc) is 2.66. The number of rotatable bonds is 10. The first-order valence-corrected chi connectivity index (χ1v) is 11.0. The maximum Gasteiger partial charge on any atom is 0.248 e. The lowest BCUT2D eigenvalue weighted by Crippen LogP contribution is -2.14. The minimum absolute atomic E-state index is 0.249. The predicted molar refractivity (Wildman–Crippen MR) is 114 cm³/mol. The van der Waals surface area contributed by atoms with E-state index in [2.05, 4.69) is 5.32 Å². The molecule has 0 fully saturated rings. The maximum atomic E-state index is 12.1. The molecule has 2 aromatic carbocycles. The molecular weight excluding hydrogens is 392 g/mol. The quantitative estimate of drug-likeness (QED) is 0.576. The van der Waals surface area contributed by atoms with E-state index in [1.165, 1.54) is 6.08 Å². The summed E-state index contributed by atoms with van der Waals surface area (Å²) in [6, 6.07) is 11.9. The van der Waals surface area contributed by atoms with Crippen molar-refractivity contribution in [2.45, 2.75) is 26.0 Å². The molecule has 156 valence electrons. The minimum Gasteiger partial charge on any atom is -0.490 e. The van der Waals surface area contributed by atoms with E-state index in [9.17, 15) is 13.2 Å². The second-order valence-electron chi connectivity index (χ2n) is 6.31. The highest BCUT2D eigenvalue weighted by atomic mass is 32.2. The molecule has 0 unspecified atom stereocenters. The van der Waals surface area contributed by atoms with Gasteiger partial charge in [-0.2, -0.15) is 0 Å². The van der Waals surface area contributed by atoms with Crippen molar-refractivity contribution in [3.8, 4) is 11.5 Å². The Bertz CT molecular complexity index is 954. The fourth-order valence-corrected chi connectivity index (χ4v) is 3.16. The molecule has 29 heavy (non-hydrogen) atoms. The first kappa shape index (κ1) is 22.4. The Labute approximate surface area is 171 Å². The van der Waals surface area contributed by atoms with Gasteiger partial charge in [0, 0.05) is 11.8 Å². The normalized spacial score (nSPS) is 11.4. The zero-order valence-corrected chi connectivity index (χ0v) is 17.4. The van der Waals surface area contributed by atoms with Crippen LogP contribution in [0, 0.1) is 0 Å². The molecule has 3 N–H and O–H groups in total. The zero-order valence-electron chi connectivity index (χ0n) is 16.6. The fourth-order valence-electron chi connectivity index (χ4n) is 2.50. The third-order valence-electron chi connectivity index (χ3n) is 3.75. The molecule has 0 aliphatic carbocycles. The molecule has 7 nitrogen and oxygen atoms in total. The predicted octanol–water partition coefficient (Wildman–Crippen LogP) is 3.31. The smallest absolute Gasteiger partial charge is 0.248 e. The van der Waals surface area contributed by atoms with Gasteiger partial charge >= 0.3 is 0 Å². The van der Waals surface area contributed by atoms with Gasteiger partial charge < -0.3 is 14.8 Å². The van der Waals surface area contributed by atoms with Crippen LogP contribution in [-0.2, 0) is 20.6 Å². The van der Waals surface area contributed by atoms with Gasteiger partial charge in [0.1, 0.15) is 0 Å². The van der Waals surface area contributed by atoms with Gasteiger partial charge in [-0.15, -0.1) is 0 Å². The zero-order chi connectivity index (χ0) is 21.3. The van der Waals surface area contributed by atoms with E-state index in [0.717, 1.165) is 12.0 Å². The van der Waals surface area contributed by atoms with Crippen molar-refractivity contribution in [3.63, 3.8) is 0 Å². The third kappa shape index (κ3) is 7.97. The molecule has 0 heterocycles. The summed E-state index contributed by atoms with van der Waals surface area (Å²) in [5.41, 5.74) is 1.90. The average molecular weight is 419 g/mol. The van der Waals surface area contributed by atoms with Crippen molar-refractivity contribution in [2.75, 3.05) is 18.5 Å². The summed E-state index contributed by atoms with van der Waals surface area (Å²) in [6.07, 6.45) is 3.99. The first-order valence-electron chi connectivity index (χ1n) is 9.29. The van der Waals surface area contributed by atoms with Gasteiger partial charge in [-0.25, -0.2) is 13.6 Å².